The number of hydrogen-bond acceptors (Lipinski definition) is 3. The highest BCUT2D eigenvalue weighted by Gasteiger charge is 2.32. The summed E-state index contributed by atoms with van der Waals surface area (Å²) < 4.78 is 51.5. The zero-order valence-corrected chi connectivity index (χ0v) is 17.8. The molecule has 3 aromatic carbocycles. The Hall–Kier alpha value is -3.32. The minimum absolute atomic E-state index is 0.0234. The summed E-state index contributed by atoms with van der Waals surface area (Å²) in [6.45, 7) is 0.843. The first kappa shape index (κ1) is 22.9. The number of amides is 1. The average Bonchev–Trinajstić information content (AvgIpc) is 3.33. The van der Waals surface area contributed by atoms with Crippen LogP contribution in [0.2, 0.25) is 0 Å². The van der Waals surface area contributed by atoms with Crippen LogP contribution in [0.1, 0.15) is 35.4 Å². The predicted octanol–water partition coefficient (Wildman–Crippen LogP) is 6.03. The minimum Gasteiger partial charge on any atom is -0.489 e. The standard InChI is InChI=1S/C26H24F3NO3/c27-26(28,29)20-13-14-23(33-17-21-12-7-15-32-21)22(16-20)30-25(31)24(18-8-3-1-4-9-18)19-10-5-2-6-11-19/h1-6,8-11,13-14,16,21,24H,7,12,15,17H2,(H,30,31). The summed E-state index contributed by atoms with van der Waals surface area (Å²) in [4.78, 5) is 13.4. The lowest BCUT2D eigenvalue weighted by molar-refractivity contribution is -0.137. The number of benzene rings is 3. The number of carbonyl (C=O) groups excluding carboxylic acids is 1. The Kier molecular flexibility index (Phi) is 6.99. The van der Waals surface area contributed by atoms with Crippen molar-refractivity contribution < 1.29 is 27.4 Å². The Morgan fingerprint density at radius 2 is 1.64 bits per heavy atom. The van der Waals surface area contributed by atoms with Gasteiger partial charge in [0, 0.05) is 6.61 Å². The number of nitrogens with one attached hydrogen (secondary N) is 1. The molecule has 1 atom stereocenters. The lowest BCUT2D eigenvalue weighted by atomic mass is 9.90. The van der Waals surface area contributed by atoms with Crippen LogP contribution < -0.4 is 10.1 Å². The van der Waals surface area contributed by atoms with Gasteiger partial charge in [-0.3, -0.25) is 4.79 Å². The van der Waals surface area contributed by atoms with Crippen LogP contribution in [0.3, 0.4) is 0 Å². The summed E-state index contributed by atoms with van der Waals surface area (Å²) in [7, 11) is 0. The van der Waals surface area contributed by atoms with Gasteiger partial charge in [0.1, 0.15) is 12.4 Å². The first-order valence-corrected chi connectivity index (χ1v) is 10.8. The zero-order valence-electron chi connectivity index (χ0n) is 17.8. The fraction of sp³-hybridized carbons (Fsp3) is 0.269. The molecule has 0 bridgehead atoms. The van der Waals surface area contributed by atoms with Gasteiger partial charge in [0.05, 0.1) is 23.3 Å². The van der Waals surface area contributed by atoms with Gasteiger partial charge < -0.3 is 14.8 Å². The van der Waals surface area contributed by atoms with Gasteiger partial charge in [-0.1, -0.05) is 60.7 Å². The average molecular weight is 455 g/mol. The summed E-state index contributed by atoms with van der Waals surface area (Å²) in [6, 6.07) is 21.3. The van der Waals surface area contributed by atoms with Crippen LogP contribution in [-0.2, 0) is 15.7 Å². The molecule has 1 heterocycles. The number of halogens is 3. The van der Waals surface area contributed by atoms with Gasteiger partial charge in [0.2, 0.25) is 5.91 Å². The van der Waals surface area contributed by atoms with E-state index < -0.39 is 23.6 Å². The van der Waals surface area contributed by atoms with Crippen LogP contribution >= 0.6 is 0 Å². The molecule has 1 saturated heterocycles. The Labute approximate surface area is 190 Å². The number of hydrogen-bond donors (Lipinski definition) is 1. The third kappa shape index (κ3) is 5.73. The van der Waals surface area contributed by atoms with Crippen LogP contribution in [0.5, 0.6) is 5.75 Å². The van der Waals surface area contributed by atoms with Gasteiger partial charge in [-0.15, -0.1) is 0 Å². The molecule has 0 saturated carbocycles. The lowest BCUT2D eigenvalue weighted by Crippen LogP contribution is -2.23. The van der Waals surface area contributed by atoms with E-state index in [-0.39, 0.29) is 24.1 Å². The Bertz CT molecular complexity index is 1030. The maximum Gasteiger partial charge on any atom is 0.416 e. The second-order valence-electron chi connectivity index (χ2n) is 7.90. The van der Waals surface area contributed by atoms with Crippen molar-refractivity contribution in [2.75, 3.05) is 18.5 Å². The number of alkyl halides is 3. The number of rotatable bonds is 7. The van der Waals surface area contributed by atoms with E-state index in [2.05, 4.69) is 5.32 Å². The molecule has 0 aromatic heterocycles. The van der Waals surface area contributed by atoms with E-state index in [9.17, 15) is 18.0 Å². The van der Waals surface area contributed by atoms with Crippen LogP contribution in [0.25, 0.3) is 0 Å². The smallest absolute Gasteiger partial charge is 0.416 e. The highest BCUT2D eigenvalue weighted by molar-refractivity contribution is 5.99. The first-order valence-electron chi connectivity index (χ1n) is 10.8. The molecule has 1 N–H and O–H groups in total. The molecule has 3 aromatic rings. The largest absolute Gasteiger partial charge is 0.489 e. The van der Waals surface area contributed by atoms with Gasteiger partial charge in [0.15, 0.2) is 0 Å². The van der Waals surface area contributed by atoms with Crippen LogP contribution in [-0.4, -0.2) is 25.2 Å². The second-order valence-corrected chi connectivity index (χ2v) is 7.90. The summed E-state index contributed by atoms with van der Waals surface area (Å²) in [5, 5.41) is 2.69. The summed E-state index contributed by atoms with van der Waals surface area (Å²) in [5.41, 5.74) is 0.577. The fourth-order valence-electron chi connectivity index (χ4n) is 3.88. The van der Waals surface area contributed by atoms with Crippen molar-refractivity contribution in [1.82, 2.24) is 0 Å². The van der Waals surface area contributed by atoms with E-state index in [1.54, 1.807) is 0 Å². The third-order valence-electron chi connectivity index (χ3n) is 5.54. The zero-order chi connectivity index (χ0) is 23.3. The van der Waals surface area contributed by atoms with Crippen molar-refractivity contribution in [2.45, 2.75) is 31.0 Å². The van der Waals surface area contributed by atoms with Crippen molar-refractivity contribution in [3.05, 3.63) is 95.6 Å². The summed E-state index contributed by atoms with van der Waals surface area (Å²) in [5.74, 6) is -0.978. The molecule has 0 spiro atoms. The highest BCUT2D eigenvalue weighted by Crippen LogP contribution is 2.36. The molecule has 1 unspecified atom stereocenters. The molecule has 1 fully saturated rings. The van der Waals surface area contributed by atoms with Crippen molar-refractivity contribution in [3.8, 4) is 5.75 Å². The van der Waals surface area contributed by atoms with E-state index in [0.717, 1.165) is 36.1 Å². The molecular weight excluding hydrogens is 431 g/mol. The van der Waals surface area contributed by atoms with E-state index in [0.29, 0.717) is 6.61 Å². The van der Waals surface area contributed by atoms with Gasteiger partial charge >= 0.3 is 6.18 Å². The van der Waals surface area contributed by atoms with Gasteiger partial charge in [-0.05, 0) is 42.2 Å². The van der Waals surface area contributed by atoms with Crippen LogP contribution in [0.4, 0.5) is 18.9 Å². The second kappa shape index (κ2) is 10.1. The molecular formula is C26H24F3NO3. The Balaban J connectivity index is 1.64. The van der Waals surface area contributed by atoms with Gasteiger partial charge in [-0.2, -0.15) is 13.2 Å². The molecule has 0 radical (unpaired) electrons. The molecule has 0 aliphatic carbocycles. The summed E-state index contributed by atoms with van der Waals surface area (Å²) in [6.07, 6.45) is -2.92. The Morgan fingerprint density at radius 1 is 1.00 bits per heavy atom. The number of ether oxygens (including phenoxy) is 2. The summed E-state index contributed by atoms with van der Waals surface area (Å²) >= 11 is 0. The van der Waals surface area contributed by atoms with Gasteiger partial charge in [0.25, 0.3) is 0 Å². The Morgan fingerprint density at radius 3 is 2.18 bits per heavy atom. The molecule has 172 valence electrons. The van der Waals surface area contributed by atoms with E-state index in [1.807, 2.05) is 60.7 Å². The minimum atomic E-state index is -4.55. The van der Waals surface area contributed by atoms with Crippen LogP contribution in [0.15, 0.2) is 78.9 Å². The molecule has 33 heavy (non-hydrogen) atoms. The topological polar surface area (TPSA) is 47.6 Å². The number of anilines is 1. The predicted molar refractivity (Wildman–Crippen MR) is 119 cm³/mol. The molecule has 1 aliphatic heterocycles. The third-order valence-corrected chi connectivity index (χ3v) is 5.54. The maximum atomic E-state index is 13.4. The van der Waals surface area contributed by atoms with E-state index in [1.165, 1.54) is 6.07 Å². The van der Waals surface area contributed by atoms with E-state index in [4.69, 9.17) is 9.47 Å². The number of carbonyl (C=O) groups is 1. The van der Waals surface area contributed by atoms with Crippen LogP contribution in [0, 0.1) is 0 Å². The van der Waals surface area contributed by atoms with Crippen molar-refractivity contribution in [2.24, 2.45) is 0 Å². The SMILES string of the molecule is O=C(Nc1cc(C(F)(F)F)ccc1OCC1CCCO1)C(c1ccccc1)c1ccccc1. The van der Waals surface area contributed by atoms with Crippen molar-refractivity contribution in [3.63, 3.8) is 0 Å². The van der Waals surface area contributed by atoms with Crippen molar-refractivity contribution >= 4 is 11.6 Å². The molecule has 7 heteroatoms. The van der Waals surface area contributed by atoms with Gasteiger partial charge in [-0.25, -0.2) is 0 Å². The first-order chi connectivity index (χ1) is 15.9. The quantitative estimate of drug-likeness (QED) is 0.473. The van der Waals surface area contributed by atoms with E-state index >= 15 is 0 Å². The molecule has 4 rings (SSSR count). The highest BCUT2D eigenvalue weighted by atomic mass is 19.4. The molecule has 1 amide bonds. The lowest BCUT2D eigenvalue weighted by Gasteiger charge is -2.21. The fourth-order valence-corrected chi connectivity index (χ4v) is 3.88. The monoisotopic (exact) mass is 455 g/mol. The normalized spacial score (nSPS) is 16.1. The molecule has 4 nitrogen and oxygen atoms in total. The maximum absolute atomic E-state index is 13.4. The molecule has 1 aliphatic rings. The van der Waals surface area contributed by atoms with Crippen molar-refractivity contribution in [1.29, 1.82) is 0 Å².